The van der Waals surface area contributed by atoms with Gasteiger partial charge in [0.2, 0.25) is 5.91 Å². The largest absolute Gasteiger partial charge is 0.378 e. The van der Waals surface area contributed by atoms with Crippen LogP contribution < -0.4 is 5.32 Å². The van der Waals surface area contributed by atoms with Crippen LogP contribution in [0.15, 0.2) is 18.2 Å². The molecule has 0 saturated carbocycles. The Morgan fingerprint density at radius 2 is 2.13 bits per heavy atom. The third-order valence-corrected chi connectivity index (χ3v) is 3.94. The lowest BCUT2D eigenvalue weighted by Gasteiger charge is -2.32. The highest BCUT2D eigenvalue weighted by molar-refractivity contribution is 5.82. The molecular formula is C17H22FN3O2. The van der Waals surface area contributed by atoms with Gasteiger partial charge in [0.15, 0.2) is 0 Å². The van der Waals surface area contributed by atoms with Gasteiger partial charge in [0.1, 0.15) is 5.82 Å². The molecule has 1 aliphatic rings. The van der Waals surface area contributed by atoms with Gasteiger partial charge in [-0.05, 0) is 24.1 Å². The van der Waals surface area contributed by atoms with Crippen LogP contribution in [0, 0.1) is 23.1 Å². The Morgan fingerprint density at radius 1 is 1.43 bits per heavy atom. The Kier molecular flexibility index (Phi) is 6.08. The summed E-state index contributed by atoms with van der Waals surface area (Å²) >= 11 is 0. The van der Waals surface area contributed by atoms with E-state index in [0.717, 1.165) is 0 Å². The van der Waals surface area contributed by atoms with Crippen molar-refractivity contribution in [3.8, 4) is 6.07 Å². The van der Waals surface area contributed by atoms with Crippen LogP contribution in [0.3, 0.4) is 0 Å². The molecule has 0 aliphatic carbocycles. The highest BCUT2D eigenvalue weighted by atomic mass is 19.1. The number of halogens is 1. The van der Waals surface area contributed by atoms with Crippen molar-refractivity contribution in [3.63, 3.8) is 0 Å². The molecule has 1 aromatic rings. The molecule has 0 spiro atoms. The maximum absolute atomic E-state index is 13.9. The second-order valence-corrected chi connectivity index (χ2v) is 5.96. The molecule has 0 bridgehead atoms. The van der Waals surface area contributed by atoms with Gasteiger partial charge in [0.25, 0.3) is 0 Å². The predicted octanol–water partition coefficient (Wildman–Crippen LogP) is 1.67. The normalized spacial score (nSPS) is 16.2. The first-order chi connectivity index (χ1) is 11.0. The van der Waals surface area contributed by atoms with Crippen molar-refractivity contribution >= 4 is 5.91 Å². The lowest BCUT2D eigenvalue weighted by molar-refractivity contribution is -0.138. The molecule has 23 heavy (non-hydrogen) atoms. The van der Waals surface area contributed by atoms with Gasteiger partial charge < -0.3 is 15.0 Å². The van der Waals surface area contributed by atoms with E-state index in [4.69, 9.17) is 10.00 Å². The number of hydrogen-bond donors (Lipinski definition) is 1. The summed E-state index contributed by atoms with van der Waals surface area (Å²) in [5, 5.41) is 12.1. The zero-order chi connectivity index (χ0) is 16.8. The van der Waals surface area contributed by atoms with Crippen molar-refractivity contribution in [2.45, 2.75) is 26.4 Å². The van der Waals surface area contributed by atoms with Gasteiger partial charge in [-0.3, -0.25) is 4.79 Å². The van der Waals surface area contributed by atoms with E-state index in [2.05, 4.69) is 5.32 Å². The SMILES string of the molecule is CC(C)[C@H](NCc1cc(C#N)ccc1F)C(=O)N1CCOCC1. The van der Waals surface area contributed by atoms with Crippen LogP contribution in [0.2, 0.25) is 0 Å². The number of nitriles is 1. The third kappa shape index (κ3) is 4.50. The van der Waals surface area contributed by atoms with Gasteiger partial charge in [-0.25, -0.2) is 4.39 Å². The quantitative estimate of drug-likeness (QED) is 0.896. The molecule has 1 N–H and O–H groups in total. The Morgan fingerprint density at radius 3 is 2.74 bits per heavy atom. The first kappa shape index (κ1) is 17.4. The number of ether oxygens (including phenoxy) is 1. The van der Waals surface area contributed by atoms with Gasteiger partial charge in [0.05, 0.1) is 30.9 Å². The molecule has 1 fully saturated rings. The highest BCUT2D eigenvalue weighted by Crippen LogP contribution is 2.13. The molecule has 5 nitrogen and oxygen atoms in total. The second kappa shape index (κ2) is 8.04. The predicted molar refractivity (Wildman–Crippen MR) is 84.0 cm³/mol. The molecule has 0 radical (unpaired) electrons. The number of nitrogens with zero attached hydrogens (tertiary/aromatic N) is 2. The van der Waals surface area contributed by atoms with Crippen LogP contribution in [0.25, 0.3) is 0 Å². The number of nitrogens with one attached hydrogen (secondary N) is 1. The fourth-order valence-electron chi connectivity index (χ4n) is 2.59. The van der Waals surface area contributed by atoms with Crippen molar-refractivity contribution in [1.29, 1.82) is 5.26 Å². The Labute approximate surface area is 136 Å². The summed E-state index contributed by atoms with van der Waals surface area (Å²) in [7, 11) is 0. The number of benzene rings is 1. The first-order valence-electron chi connectivity index (χ1n) is 7.81. The number of morpholine rings is 1. The number of amides is 1. The number of rotatable bonds is 5. The fraction of sp³-hybridized carbons (Fsp3) is 0.529. The molecule has 2 rings (SSSR count). The summed E-state index contributed by atoms with van der Waals surface area (Å²) in [6, 6.07) is 5.84. The summed E-state index contributed by atoms with van der Waals surface area (Å²) in [5.41, 5.74) is 0.799. The van der Waals surface area contributed by atoms with Crippen LogP contribution in [-0.2, 0) is 16.1 Å². The summed E-state index contributed by atoms with van der Waals surface area (Å²) in [5.74, 6) is -0.287. The van der Waals surface area contributed by atoms with Crippen LogP contribution in [0.1, 0.15) is 25.0 Å². The third-order valence-electron chi connectivity index (χ3n) is 3.94. The minimum Gasteiger partial charge on any atom is -0.378 e. The van der Waals surface area contributed by atoms with Gasteiger partial charge in [-0.15, -0.1) is 0 Å². The van der Waals surface area contributed by atoms with Crippen LogP contribution >= 0.6 is 0 Å². The average molecular weight is 319 g/mol. The Balaban J connectivity index is 2.05. The van der Waals surface area contributed by atoms with E-state index < -0.39 is 6.04 Å². The Bertz CT molecular complexity index is 592. The fourth-order valence-corrected chi connectivity index (χ4v) is 2.59. The minimum absolute atomic E-state index is 0.0140. The Hall–Kier alpha value is -1.97. The van der Waals surface area contributed by atoms with Crippen molar-refractivity contribution in [2.75, 3.05) is 26.3 Å². The molecule has 1 amide bonds. The molecule has 1 aliphatic heterocycles. The van der Waals surface area contributed by atoms with Crippen molar-refractivity contribution in [2.24, 2.45) is 5.92 Å². The minimum atomic E-state index is -0.391. The maximum atomic E-state index is 13.9. The molecule has 1 heterocycles. The topological polar surface area (TPSA) is 65.4 Å². The summed E-state index contributed by atoms with van der Waals surface area (Å²) in [4.78, 5) is 14.4. The van der Waals surface area contributed by atoms with E-state index in [1.807, 2.05) is 19.9 Å². The molecule has 1 aromatic carbocycles. The smallest absolute Gasteiger partial charge is 0.240 e. The summed E-state index contributed by atoms with van der Waals surface area (Å²) in [6.07, 6.45) is 0. The standard InChI is InChI=1S/C17H22FN3O2/c1-12(2)16(17(22)21-5-7-23-8-6-21)20-11-14-9-13(10-19)3-4-15(14)18/h3-4,9,12,16,20H,5-8,11H2,1-2H3/t16-/m0/s1. The number of carbonyl (C=O) groups excluding carboxylic acids is 1. The van der Waals surface area contributed by atoms with Gasteiger partial charge in [-0.2, -0.15) is 5.26 Å². The van der Waals surface area contributed by atoms with Gasteiger partial charge >= 0.3 is 0 Å². The lowest BCUT2D eigenvalue weighted by Crippen LogP contribution is -2.52. The molecule has 1 atom stereocenters. The van der Waals surface area contributed by atoms with E-state index in [1.54, 1.807) is 4.90 Å². The van der Waals surface area contributed by atoms with Crippen LogP contribution in [-0.4, -0.2) is 43.2 Å². The monoisotopic (exact) mass is 319 g/mol. The molecular weight excluding hydrogens is 297 g/mol. The van der Waals surface area contributed by atoms with E-state index in [0.29, 0.717) is 37.4 Å². The zero-order valence-electron chi connectivity index (χ0n) is 13.5. The molecule has 124 valence electrons. The molecule has 0 unspecified atom stereocenters. The van der Waals surface area contributed by atoms with Gasteiger partial charge in [0, 0.05) is 25.2 Å². The summed E-state index contributed by atoms with van der Waals surface area (Å²) in [6.45, 7) is 6.39. The van der Waals surface area contributed by atoms with Crippen molar-refractivity contribution < 1.29 is 13.9 Å². The van der Waals surface area contributed by atoms with E-state index in [1.165, 1.54) is 18.2 Å². The van der Waals surface area contributed by atoms with E-state index >= 15 is 0 Å². The maximum Gasteiger partial charge on any atom is 0.240 e. The number of carbonyl (C=O) groups is 1. The van der Waals surface area contributed by atoms with Crippen molar-refractivity contribution in [1.82, 2.24) is 10.2 Å². The number of hydrogen-bond acceptors (Lipinski definition) is 4. The molecule has 1 saturated heterocycles. The average Bonchev–Trinajstić information content (AvgIpc) is 2.57. The zero-order valence-corrected chi connectivity index (χ0v) is 13.5. The lowest BCUT2D eigenvalue weighted by atomic mass is 10.0. The highest BCUT2D eigenvalue weighted by Gasteiger charge is 2.28. The van der Waals surface area contributed by atoms with Crippen LogP contribution in [0.4, 0.5) is 4.39 Å². The van der Waals surface area contributed by atoms with Crippen molar-refractivity contribution in [3.05, 3.63) is 35.1 Å². The molecule has 6 heteroatoms. The van der Waals surface area contributed by atoms with E-state index in [-0.39, 0.29) is 24.2 Å². The van der Waals surface area contributed by atoms with Crippen LogP contribution in [0.5, 0.6) is 0 Å². The molecule has 0 aromatic heterocycles. The van der Waals surface area contributed by atoms with Gasteiger partial charge in [-0.1, -0.05) is 13.8 Å². The summed E-state index contributed by atoms with van der Waals surface area (Å²) < 4.78 is 19.1. The first-order valence-corrected chi connectivity index (χ1v) is 7.81. The van der Waals surface area contributed by atoms with E-state index in [9.17, 15) is 9.18 Å². The second-order valence-electron chi connectivity index (χ2n) is 5.96.